The Labute approximate surface area is 186 Å². The maximum absolute atomic E-state index is 13.2. The van der Waals surface area contributed by atoms with Crippen LogP contribution in [-0.2, 0) is 11.3 Å². The van der Waals surface area contributed by atoms with Crippen molar-refractivity contribution in [1.82, 2.24) is 14.7 Å². The summed E-state index contributed by atoms with van der Waals surface area (Å²) in [7, 11) is 0. The van der Waals surface area contributed by atoms with Gasteiger partial charge in [-0.3, -0.25) is 9.59 Å². The number of benzene rings is 2. The Kier molecular flexibility index (Phi) is 6.35. The highest BCUT2D eigenvalue weighted by molar-refractivity contribution is 5.76. The molecule has 1 saturated heterocycles. The largest absolute Gasteiger partial charge is 0.368 e. The van der Waals surface area contributed by atoms with Gasteiger partial charge in [0, 0.05) is 49.9 Å². The quantitative estimate of drug-likeness (QED) is 0.618. The maximum Gasteiger partial charge on any atom is 0.266 e. The highest BCUT2D eigenvalue weighted by Crippen LogP contribution is 2.24. The van der Waals surface area contributed by atoms with E-state index >= 15 is 0 Å². The summed E-state index contributed by atoms with van der Waals surface area (Å²) in [5.74, 6) is -0.308. The normalized spacial score (nSPS) is 14.0. The van der Waals surface area contributed by atoms with Crippen LogP contribution in [0.4, 0.5) is 10.1 Å². The van der Waals surface area contributed by atoms with Gasteiger partial charge in [-0.2, -0.15) is 5.10 Å². The van der Waals surface area contributed by atoms with Crippen molar-refractivity contribution in [3.63, 3.8) is 0 Å². The number of anilines is 1. The molecule has 1 aromatic heterocycles. The van der Waals surface area contributed by atoms with E-state index in [-0.39, 0.29) is 30.2 Å². The lowest BCUT2D eigenvalue weighted by Crippen LogP contribution is -2.49. The second-order valence-corrected chi connectivity index (χ2v) is 8.12. The van der Waals surface area contributed by atoms with Crippen LogP contribution in [0.15, 0.2) is 59.4 Å². The molecule has 0 unspecified atom stereocenters. The lowest BCUT2D eigenvalue weighted by molar-refractivity contribution is -0.131. The van der Waals surface area contributed by atoms with Crippen molar-refractivity contribution in [3.8, 4) is 11.3 Å². The molecule has 1 aliphatic rings. The second kappa shape index (κ2) is 9.34. The van der Waals surface area contributed by atoms with Crippen molar-refractivity contribution >= 4 is 11.6 Å². The maximum atomic E-state index is 13.2. The molecule has 2 aromatic carbocycles. The van der Waals surface area contributed by atoms with Crippen LogP contribution in [-0.4, -0.2) is 46.8 Å². The fourth-order valence-corrected chi connectivity index (χ4v) is 4.02. The van der Waals surface area contributed by atoms with Crippen LogP contribution in [0.25, 0.3) is 11.3 Å². The number of carbonyl (C=O) groups excluding carboxylic acids is 1. The number of hydrogen-bond donors (Lipinski definition) is 0. The third kappa shape index (κ3) is 4.72. The summed E-state index contributed by atoms with van der Waals surface area (Å²) in [5, 5.41) is 4.36. The number of rotatable bonds is 5. The molecule has 0 bridgehead atoms. The zero-order chi connectivity index (χ0) is 22.7. The minimum absolute atomic E-state index is 0.0199. The third-order valence-corrected chi connectivity index (χ3v) is 6.09. The Morgan fingerprint density at radius 1 is 0.969 bits per heavy atom. The van der Waals surface area contributed by atoms with E-state index in [4.69, 9.17) is 0 Å². The number of nitrogens with zero attached hydrogens (tertiary/aromatic N) is 4. The lowest BCUT2D eigenvalue weighted by atomic mass is 10.1. The van der Waals surface area contributed by atoms with Gasteiger partial charge in [0.1, 0.15) is 5.82 Å². The molecular weight excluding hydrogens is 407 g/mol. The van der Waals surface area contributed by atoms with E-state index in [1.165, 1.54) is 39.7 Å². The molecule has 0 atom stereocenters. The Hall–Kier alpha value is -3.48. The van der Waals surface area contributed by atoms with Crippen LogP contribution in [0.3, 0.4) is 0 Å². The number of hydrogen-bond acceptors (Lipinski definition) is 4. The van der Waals surface area contributed by atoms with Crippen LogP contribution in [0.1, 0.15) is 17.5 Å². The second-order valence-electron chi connectivity index (χ2n) is 8.12. The average molecular weight is 435 g/mol. The van der Waals surface area contributed by atoms with Crippen molar-refractivity contribution in [2.75, 3.05) is 31.1 Å². The van der Waals surface area contributed by atoms with Crippen molar-refractivity contribution in [2.45, 2.75) is 26.8 Å². The van der Waals surface area contributed by atoms with E-state index in [9.17, 15) is 14.0 Å². The van der Waals surface area contributed by atoms with Crippen molar-refractivity contribution in [2.24, 2.45) is 0 Å². The smallest absolute Gasteiger partial charge is 0.266 e. The molecule has 4 rings (SSSR count). The van der Waals surface area contributed by atoms with Crippen LogP contribution in [0.2, 0.25) is 0 Å². The topological polar surface area (TPSA) is 58.4 Å². The van der Waals surface area contributed by atoms with Gasteiger partial charge >= 0.3 is 0 Å². The molecule has 166 valence electrons. The van der Waals surface area contributed by atoms with Gasteiger partial charge in [0.15, 0.2) is 0 Å². The molecule has 1 amide bonds. The zero-order valence-electron chi connectivity index (χ0n) is 18.4. The van der Waals surface area contributed by atoms with Gasteiger partial charge < -0.3 is 9.80 Å². The molecule has 2 heterocycles. The Balaban J connectivity index is 1.36. The fourth-order valence-electron chi connectivity index (χ4n) is 4.02. The molecule has 3 aromatic rings. The first-order valence-electron chi connectivity index (χ1n) is 10.9. The summed E-state index contributed by atoms with van der Waals surface area (Å²) >= 11 is 0. The van der Waals surface area contributed by atoms with E-state index in [1.807, 2.05) is 4.90 Å². The predicted octanol–water partition coefficient (Wildman–Crippen LogP) is 3.41. The van der Waals surface area contributed by atoms with Crippen molar-refractivity contribution in [1.29, 1.82) is 0 Å². The average Bonchev–Trinajstić information content (AvgIpc) is 2.81. The first-order chi connectivity index (χ1) is 15.4. The van der Waals surface area contributed by atoms with E-state index in [0.29, 0.717) is 24.3 Å². The third-order valence-electron chi connectivity index (χ3n) is 6.09. The van der Waals surface area contributed by atoms with Gasteiger partial charge in [-0.1, -0.05) is 12.1 Å². The molecule has 1 aliphatic heterocycles. The summed E-state index contributed by atoms with van der Waals surface area (Å²) in [5.41, 5.74) is 4.79. The zero-order valence-corrected chi connectivity index (χ0v) is 18.4. The standard InChI is InChI=1S/C25H27FN4O2/c1-18-4-3-5-23(19(18)2)28-14-16-29(17-15-28)24(31)12-13-30-25(32)11-10-22(27-30)20-6-8-21(26)9-7-20/h3-11H,12-17H2,1-2H3. The van der Waals surface area contributed by atoms with E-state index in [0.717, 1.165) is 13.1 Å². The molecule has 0 N–H and O–H groups in total. The van der Waals surface area contributed by atoms with Crippen molar-refractivity contribution < 1.29 is 9.18 Å². The number of piperazine rings is 1. The van der Waals surface area contributed by atoms with Crippen LogP contribution >= 0.6 is 0 Å². The number of aryl methyl sites for hydroxylation is 2. The molecule has 7 heteroatoms. The van der Waals surface area contributed by atoms with E-state index < -0.39 is 0 Å². The van der Waals surface area contributed by atoms with Crippen LogP contribution in [0, 0.1) is 19.7 Å². The summed E-state index contributed by atoms with van der Waals surface area (Å²) in [4.78, 5) is 29.2. The minimum Gasteiger partial charge on any atom is -0.368 e. The van der Waals surface area contributed by atoms with Gasteiger partial charge in [0.05, 0.1) is 12.2 Å². The molecule has 0 aliphatic carbocycles. The van der Waals surface area contributed by atoms with Gasteiger partial charge in [-0.15, -0.1) is 0 Å². The molecule has 0 radical (unpaired) electrons. The molecule has 6 nitrogen and oxygen atoms in total. The summed E-state index contributed by atoms with van der Waals surface area (Å²) in [6, 6.07) is 15.3. The van der Waals surface area contributed by atoms with Gasteiger partial charge in [-0.25, -0.2) is 9.07 Å². The molecule has 1 fully saturated rings. The van der Waals surface area contributed by atoms with Gasteiger partial charge in [-0.05, 0) is 61.4 Å². The first kappa shape index (κ1) is 21.7. The summed E-state index contributed by atoms with van der Waals surface area (Å²) in [6.45, 7) is 7.34. The monoisotopic (exact) mass is 434 g/mol. The van der Waals surface area contributed by atoms with Crippen LogP contribution in [0.5, 0.6) is 0 Å². The molecule has 0 spiro atoms. The predicted molar refractivity (Wildman–Crippen MR) is 123 cm³/mol. The van der Waals surface area contributed by atoms with Gasteiger partial charge in [0.2, 0.25) is 5.91 Å². The summed E-state index contributed by atoms with van der Waals surface area (Å²) < 4.78 is 14.5. The number of carbonyl (C=O) groups is 1. The van der Waals surface area contributed by atoms with Gasteiger partial charge in [0.25, 0.3) is 5.56 Å². The Morgan fingerprint density at radius 3 is 2.41 bits per heavy atom. The molecular formula is C25H27FN4O2. The summed E-state index contributed by atoms with van der Waals surface area (Å²) in [6.07, 6.45) is 0.212. The SMILES string of the molecule is Cc1cccc(N2CCN(C(=O)CCn3nc(-c4ccc(F)cc4)ccc3=O)CC2)c1C. The fraction of sp³-hybridized carbons (Fsp3) is 0.320. The first-order valence-corrected chi connectivity index (χ1v) is 10.9. The number of amides is 1. The highest BCUT2D eigenvalue weighted by atomic mass is 19.1. The van der Waals surface area contributed by atoms with E-state index in [1.54, 1.807) is 18.2 Å². The number of halogens is 1. The Bertz CT molecular complexity index is 1170. The minimum atomic E-state index is -0.328. The van der Waals surface area contributed by atoms with Crippen LogP contribution < -0.4 is 10.5 Å². The highest BCUT2D eigenvalue weighted by Gasteiger charge is 2.22. The number of aromatic nitrogens is 2. The van der Waals surface area contributed by atoms with E-state index in [2.05, 4.69) is 42.0 Å². The molecule has 0 saturated carbocycles. The lowest BCUT2D eigenvalue weighted by Gasteiger charge is -2.37. The Morgan fingerprint density at radius 2 is 1.69 bits per heavy atom. The van der Waals surface area contributed by atoms with Crippen molar-refractivity contribution in [3.05, 3.63) is 81.9 Å². The molecule has 32 heavy (non-hydrogen) atoms.